The maximum atomic E-state index is 11.2. The van der Waals surface area contributed by atoms with Crippen LogP contribution in [0.2, 0.25) is 5.02 Å². The lowest BCUT2D eigenvalue weighted by atomic mass is 10.1. The molecule has 0 aliphatic rings. The smallest absolute Gasteiger partial charge is 0.271 e. The Labute approximate surface area is 100 Å². The van der Waals surface area contributed by atoms with Crippen LogP contribution in [0.25, 0.3) is 0 Å². The first-order valence-electron chi connectivity index (χ1n) is 5.64. The zero-order chi connectivity index (χ0) is 12.0. The minimum Gasteiger partial charge on any atom is -0.366 e. The first-order chi connectivity index (χ1) is 7.65. The average Bonchev–Trinajstić information content (AvgIpc) is 2.25. The van der Waals surface area contributed by atoms with E-state index in [1.807, 2.05) is 0 Å². The predicted octanol–water partition coefficient (Wildman–Crippen LogP) is 2.80. The molecule has 1 aromatic rings. The topological polar surface area (TPSA) is 57.8 Å². The Hall–Kier alpha value is -1.03. The van der Waals surface area contributed by atoms with Gasteiger partial charge in [-0.3, -0.25) is 4.79 Å². The molecule has 0 spiro atoms. The number of nitrogens with one attached hydrogen (secondary N) is 2. The van der Waals surface area contributed by atoms with E-state index in [1.54, 1.807) is 0 Å². The van der Waals surface area contributed by atoms with Crippen LogP contribution < -0.4 is 10.9 Å². The van der Waals surface area contributed by atoms with Crippen LogP contribution in [0.15, 0.2) is 11.1 Å². The Morgan fingerprint density at radius 1 is 1.56 bits per heavy atom. The van der Waals surface area contributed by atoms with E-state index < -0.39 is 0 Å². The number of nitrogens with zero attached hydrogens (tertiary/aromatic N) is 1. The molecule has 0 bridgehead atoms. The van der Waals surface area contributed by atoms with Gasteiger partial charge in [0.05, 0.1) is 6.33 Å². The highest BCUT2D eigenvalue weighted by molar-refractivity contribution is 6.32. The summed E-state index contributed by atoms with van der Waals surface area (Å²) in [6.45, 7) is 4.24. The van der Waals surface area contributed by atoms with Crippen LogP contribution >= 0.6 is 11.6 Å². The fourth-order valence-electron chi connectivity index (χ4n) is 1.49. The highest BCUT2D eigenvalue weighted by Crippen LogP contribution is 2.15. The van der Waals surface area contributed by atoms with Gasteiger partial charge in [0.25, 0.3) is 5.56 Å². The average molecular weight is 244 g/mol. The molecule has 5 heteroatoms. The van der Waals surface area contributed by atoms with Gasteiger partial charge < -0.3 is 10.3 Å². The lowest BCUT2D eigenvalue weighted by Crippen LogP contribution is -2.19. The monoisotopic (exact) mass is 243 g/mol. The van der Waals surface area contributed by atoms with Crippen molar-refractivity contribution in [3.63, 3.8) is 0 Å². The zero-order valence-corrected chi connectivity index (χ0v) is 10.5. The van der Waals surface area contributed by atoms with Gasteiger partial charge in [-0.25, -0.2) is 4.98 Å². The van der Waals surface area contributed by atoms with Gasteiger partial charge in [0.1, 0.15) is 5.02 Å². The first kappa shape index (κ1) is 13.0. The number of unbranched alkanes of at least 4 members (excludes halogenated alkanes) is 2. The number of aromatic nitrogens is 2. The SMILES string of the molecule is CCCCCC(C)Nc1nc[nH]c(=O)c1Cl. The minimum atomic E-state index is -0.306. The lowest BCUT2D eigenvalue weighted by molar-refractivity contribution is 0.613. The number of aromatic amines is 1. The van der Waals surface area contributed by atoms with Gasteiger partial charge in [-0.05, 0) is 13.3 Å². The van der Waals surface area contributed by atoms with Crippen LogP contribution in [0.3, 0.4) is 0 Å². The van der Waals surface area contributed by atoms with Crippen molar-refractivity contribution in [1.82, 2.24) is 9.97 Å². The molecule has 0 saturated heterocycles. The van der Waals surface area contributed by atoms with Crippen molar-refractivity contribution in [3.8, 4) is 0 Å². The van der Waals surface area contributed by atoms with Gasteiger partial charge in [0.15, 0.2) is 5.82 Å². The largest absolute Gasteiger partial charge is 0.366 e. The molecule has 1 heterocycles. The molecule has 90 valence electrons. The van der Waals surface area contributed by atoms with Gasteiger partial charge in [0.2, 0.25) is 0 Å². The quantitative estimate of drug-likeness (QED) is 0.756. The van der Waals surface area contributed by atoms with Crippen LogP contribution in [0.1, 0.15) is 39.5 Å². The van der Waals surface area contributed by atoms with Crippen molar-refractivity contribution in [2.75, 3.05) is 5.32 Å². The molecule has 0 fully saturated rings. The van der Waals surface area contributed by atoms with Crippen LogP contribution in [0.5, 0.6) is 0 Å². The Morgan fingerprint density at radius 3 is 3.00 bits per heavy atom. The Kier molecular flexibility index (Phi) is 5.32. The summed E-state index contributed by atoms with van der Waals surface area (Å²) in [4.78, 5) is 17.6. The summed E-state index contributed by atoms with van der Waals surface area (Å²) in [5.74, 6) is 0.467. The summed E-state index contributed by atoms with van der Waals surface area (Å²) in [5.41, 5.74) is -0.306. The number of rotatable bonds is 6. The summed E-state index contributed by atoms with van der Waals surface area (Å²) in [6, 6.07) is 0.276. The molecular formula is C11H18ClN3O. The van der Waals surface area contributed by atoms with Crippen molar-refractivity contribution in [3.05, 3.63) is 21.7 Å². The number of halogens is 1. The Balaban J connectivity index is 2.52. The second-order valence-corrected chi connectivity index (χ2v) is 4.31. The molecule has 0 aromatic carbocycles. The van der Waals surface area contributed by atoms with E-state index in [9.17, 15) is 4.79 Å². The van der Waals surface area contributed by atoms with E-state index in [-0.39, 0.29) is 16.6 Å². The van der Waals surface area contributed by atoms with Crippen molar-refractivity contribution in [2.45, 2.75) is 45.6 Å². The molecule has 0 aliphatic carbocycles. The summed E-state index contributed by atoms with van der Waals surface area (Å²) in [7, 11) is 0. The number of hydrogen-bond donors (Lipinski definition) is 2. The molecule has 1 rings (SSSR count). The molecule has 0 amide bonds. The standard InChI is InChI=1S/C11H18ClN3O/c1-3-4-5-6-8(2)15-10-9(12)11(16)14-7-13-10/h7-8H,3-6H2,1-2H3,(H2,13,14,15,16). The number of hydrogen-bond acceptors (Lipinski definition) is 3. The first-order valence-corrected chi connectivity index (χ1v) is 6.02. The Morgan fingerprint density at radius 2 is 2.31 bits per heavy atom. The molecule has 0 saturated carbocycles. The maximum Gasteiger partial charge on any atom is 0.271 e. The zero-order valence-electron chi connectivity index (χ0n) is 9.72. The Bertz CT molecular complexity index is 378. The third kappa shape index (κ3) is 3.85. The normalized spacial score (nSPS) is 12.4. The van der Waals surface area contributed by atoms with E-state index in [0.717, 1.165) is 6.42 Å². The van der Waals surface area contributed by atoms with Gasteiger partial charge in [-0.2, -0.15) is 0 Å². The van der Waals surface area contributed by atoms with E-state index in [2.05, 4.69) is 29.1 Å². The minimum absolute atomic E-state index is 0.129. The van der Waals surface area contributed by atoms with Gasteiger partial charge >= 0.3 is 0 Å². The fraction of sp³-hybridized carbons (Fsp3) is 0.636. The van der Waals surface area contributed by atoms with Crippen molar-refractivity contribution < 1.29 is 0 Å². The highest BCUT2D eigenvalue weighted by atomic mass is 35.5. The van der Waals surface area contributed by atoms with E-state index in [1.165, 1.54) is 25.6 Å². The molecule has 0 aliphatic heterocycles. The molecule has 1 aromatic heterocycles. The summed E-state index contributed by atoms with van der Waals surface area (Å²) >= 11 is 5.83. The molecule has 2 N–H and O–H groups in total. The van der Waals surface area contributed by atoms with E-state index in [0.29, 0.717) is 5.82 Å². The third-order valence-corrected chi connectivity index (χ3v) is 2.77. The maximum absolute atomic E-state index is 11.2. The summed E-state index contributed by atoms with van der Waals surface area (Å²) in [6.07, 6.45) is 6.01. The molecule has 1 atom stereocenters. The van der Waals surface area contributed by atoms with Crippen LogP contribution in [-0.2, 0) is 0 Å². The molecule has 4 nitrogen and oxygen atoms in total. The van der Waals surface area contributed by atoms with Crippen LogP contribution in [0.4, 0.5) is 5.82 Å². The van der Waals surface area contributed by atoms with E-state index in [4.69, 9.17) is 11.6 Å². The number of H-pyrrole nitrogens is 1. The summed E-state index contributed by atoms with van der Waals surface area (Å²) in [5, 5.41) is 3.28. The van der Waals surface area contributed by atoms with E-state index >= 15 is 0 Å². The van der Waals surface area contributed by atoms with Crippen LogP contribution in [0, 0.1) is 0 Å². The second kappa shape index (κ2) is 6.53. The van der Waals surface area contributed by atoms with Crippen molar-refractivity contribution >= 4 is 17.4 Å². The summed E-state index contributed by atoms with van der Waals surface area (Å²) < 4.78 is 0. The lowest BCUT2D eigenvalue weighted by Gasteiger charge is -2.14. The van der Waals surface area contributed by atoms with Gasteiger partial charge in [0, 0.05) is 6.04 Å². The van der Waals surface area contributed by atoms with Gasteiger partial charge in [-0.1, -0.05) is 37.8 Å². The highest BCUT2D eigenvalue weighted by Gasteiger charge is 2.08. The molecule has 1 unspecified atom stereocenters. The molecule has 0 radical (unpaired) electrons. The fourth-order valence-corrected chi connectivity index (χ4v) is 1.65. The van der Waals surface area contributed by atoms with Crippen LogP contribution in [-0.4, -0.2) is 16.0 Å². The number of anilines is 1. The second-order valence-electron chi connectivity index (χ2n) is 3.94. The molecule has 16 heavy (non-hydrogen) atoms. The van der Waals surface area contributed by atoms with Crippen molar-refractivity contribution in [2.24, 2.45) is 0 Å². The van der Waals surface area contributed by atoms with Gasteiger partial charge in [-0.15, -0.1) is 0 Å². The molecular weight excluding hydrogens is 226 g/mol. The van der Waals surface area contributed by atoms with Crippen molar-refractivity contribution in [1.29, 1.82) is 0 Å². The predicted molar refractivity (Wildman–Crippen MR) is 67.1 cm³/mol. The third-order valence-electron chi connectivity index (χ3n) is 2.42.